The van der Waals surface area contributed by atoms with E-state index in [1.807, 2.05) is 36.3 Å². The van der Waals surface area contributed by atoms with Crippen molar-refractivity contribution in [2.45, 2.75) is 18.9 Å². The summed E-state index contributed by atoms with van der Waals surface area (Å²) in [6.07, 6.45) is 13.8. The number of hydrogen-bond acceptors (Lipinski definition) is 6. The Bertz CT molecular complexity index is 983. The molecule has 4 rings (SSSR count). The van der Waals surface area contributed by atoms with Crippen molar-refractivity contribution in [2.24, 2.45) is 7.05 Å². The molecule has 1 unspecified atom stereocenters. The largest absolute Gasteiger partial charge is 0.330 e. The van der Waals surface area contributed by atoms with Crippen LogP contribution in [0.3, 0.4) is 0 Å². The van der Waals surface area contributed by atoms with Crippen molar-refractivity contribution in [2.75, 3.05) is 11.9 Å². The number of nitrogens with one attached hydrogen (secondary N) is 1. The summed E-state index contributed by atoms with van der Waals surface area (Å²) in [5.41, 5.74) is 1.65. The van der Waals surface area contributed by atoms with E-state index in [0.29, 0.717) is 18.2 Å². The maximum Gasteiger partial charge on any atom is 0.247 e. The van der Waals surface area contributed by atoms with Crippen LogP contribution in [0.1, 0.15) is 30.1 Å². The van der Waals surface area contributed by atoms with E-state index in [0.717, 1.165) is 24.1 Å². The predicted octanol–water partition coefficient (Wildman–Crippen LogP) is 2.73. The average Bonchev–Trinajstić information content (AvgIpc) is 3.36. The molecule has 142 valence electrons. The minimum absolute atomic E-state index is 0.0409. The molecule has 3 aromatic heterocycles. The van der Waals surface area contributed by atoms with E-state index in [-0.39, 0.29) is 11.9 Å². The molecule has 3 aromatic rings. The van der Waals surface area contributed by atoms with Crippen molar-refractivity contribution in [3.63, 3.8) is 0 Å². The molecule has 28 heavy (non-hydrogen) atoms. The van der Waals surface area contributed by atoms with Gasteiger partial charge < -0.3 is 10.2 Å². The summed E-state index contributed by atoms with van der Waals surface area (Å²) in [5.74, 6) is 1.28. The number of nitrogens with zero attached hydrogens (tertiary/aromatic N) is 6. The Hall–Kier alpha value is -3.55. The summed E-state index contributed by atoms with van der Waals surface area (Å²) in [6.45, 7) is 0.695. The minimum Gasteiger partial charge on any atom is -0.330 e. The zero-order chi connectivity index (χ0) is 19.3. The molecule has 1 saturated heterocycles. The Morgan fingerprint density at radius 2 is 2.11 bits per heavy atom. The van der Waals surface area contributed by atoms with Crippen LogP contribution in [0.5, 0.6) is 0 Å². The molecule has 0 spiro atoms. The van der Waals surface area contributed by atoms with E-state index in [1.54, 1.807) is 41.6 Å². The van der Waals surface area contributed by atoms with Crippen LogP contribution in [0.15, 0.2) is 55.3 Å². The molecule has 8 heteroatoms. The second-order valence-corrected chi connectivity index (χ2v) is 6.60. The zero-order valence-electron chi connectivity index (χ0n) is 15.6. The van der Waals surface area contributed by atoms with Crippen molar-refractivity contribution in [3.8, 4) is 0 Å². The number of hydrogen-bond donors (Lipinski definition) is 1. The Kier molecular flexibility index (Phi) is 5.09. The van der Waals surface area contributed by atoms with E-state index in [4.69, 9.17) is 0 Å². The van der Waals surface area contributed by atoms with Gasteiger partial charge in [0.1, 0.15) is 11.5 Å². The summed E-state index contributed by atoms with van der Waals surface area (Å²) < 4.78 is 1.71. The molecule has 1 aliphatic heterocycles. The number of amides is 1. The van der Waals surface area contributed by atoms with E-state index < -0.39 is 0 Å². The Labute approximate surface area is 163 Å². The molecule has 1 amide bonds. The van der Waals surface area contributed by atoms with Gasteiger partial charge in [-0.1, -0.05) is 6.07 Å². The summed E-state index contributed by atoms with van der Waals surface area (Å²) in [7, 11) is 1.85. The molecule has 8 nitrogen and oxygen atoms in total. The van der Waals surface area contributed by atoms with Crippen molar-refractivity contribution in [1.29, 1.82) is 0 Å². The number of carbonyl (C=O) groups excluding carboxylic acids is 1. The third kappa shape index (κ3) is 3.90. The number of aryl methyl sites for hydroxylation is 1. The molecule has 0 aliphatic carbocycles. The number of aromatic nitrogens is 5. The Morgan fingerprint density at radius 1 is 1.21 bits per heavy atom. The van der Waals surface area contributed by atoms with E-state index in [2.05, 4.69) is 25.4 Å². The van der Waals surface area contributed by atoms with Gasteiger partial charge in [0, 0.05) is 50.0 Å². The Morgan fingerprint density at radius 3 is 2.89 bits per heavy atom. The van der Waals surface area contributed by atoms with Crippen LogP contribution in [0.4, 0.5) is 11.6 Å². The van der Waals surface area contributed by atoms with Crippen molar-refractivity contribution in [1.82, 2.24) is 29.6 Å². The van der Waals surface area contributed by atoms with Crippen molar-refractivity contribution < 1.29 is 4.79 Å². The van der Waals surface area contributed by atoms with Crippen LogP contribution in [0, 0.1) is 0 Å². The highest BCUT2D eigenvalue weighted by molar-refractivity contribution is 5.92. The third-order valence-corrected chi connectivity index (χ3v) is 4.63. The first-order chi connectivity index (χ1) is 13.7. The fraction of sp³-hybridized carbons (Fsp3) is 0.250. The van der Waals surface area contributed by atoms with Crippen LogP contribution in [0.25, 0.3) is 6.08 Å². The van der Waals surface area contributed by atoms with Crippen LogP contribution >= 0.6 is 0 Å². The lowest BCUT2D eigenvalue weighted by Crippen LogP contribution is -2.30. The first-order valence-corrected chi connectivity index (χ1v) is 9.17. The molecule has 1 fully saturated rings. The predicted molar refractivity (Wildman–Crippen MR) is 105 cm³/mol. The molecule has 0 saturated carbocycles. The van der Waals surface area contributed by atoms with Crippen LogP contribution in [-0.2, 0) is 11.8 Å². The molecule has 0 aromatic carbocycles. The van der Waals surface area contributed by atoms with E-state index in [1.165, 1.54) is 0 Å². The molecule has 1 aliphatic rings. The topological polar surface area (TPSA) is 88.8 Å². The van der Waals surface area contributed by atoms with Gasteiger partial charge in [-0.15, -0.1) is 0 Å². The lowest BCUT2D eigenvalue weighted by atomic mass is 10.1. The SMILES string of the molecule is Cn1cc(/C=C/C(=O)N2CCCC2c2nccnc2Nc2ccccn2)cn1. The first kappa shape index (κ1) is 17.8. The lowest BCUT2D eigenvalue weighted by Gasteiger charge is -2.24. The summed E-state index contributed by atoms with van der Waals surface area (Å²) in [4.78, 5) is 27.9. The lowest BCUT2D eigenvalue weighted by molar-refractivity contribution is -0.126. The molecule has 1 N–H and O–H groups in total. The van der Waals surface area contributed by atoms with Gasteiger partial charge >= 0.3 is 0 Å². The monoisotopic (exact) mass is 375 g/mol. The smallest absolute Gasteiger partial charge is 0.247 e. The first-order valence-electron chi connectivity index (χ1n) is 9.17. The highest BCUT2D eigenvalue weighted by Crippen LogP contribution is 2.34. The second kappa shape index (κ2) is 7.99. The third-order valence-electron chi connectivity index (χ3n) is 4.63. The average molecular weight is 375 g/mol. The van der Waals surface area contributed by atoms with E-state index >= 15 is 0 Å². The van der Waals surface area contributed by atoms with Gasteiger partial charge in [-0.3, -0.25) is 14.5 Å². The fourth-order valence-electron chi connectivity index (χ4n) is 3.35. The van der Waals surface area contributed by atoms with Gasteiger partial charge in [-0.05, 0) is 31.1 Å². The fourth-order valence-corrected chi connectivity index (χ4v) is 3.35. The highest BCUT2D eigenvalue weighted by Gasteiger charge is 2.32. The number of pyridine rings is 1. The molecule has 1 atom stereocenters. The number of carbonyl (C=O) groups is 1. The molecule has 0 radical (unpaired) electrons. The maximum atomic E-state index is 12.8. The zero-order valence-corrected chi connectivity index (χ0v) is 15.6. The quantitative estimate of drug-likeness (QED) is 0.690. The number of anilines is 2. The van der Waals surface area contributed by atoms with Gasteiger partial charge in [-0.25, -0.2) is 9.97 Å². The summed E-state index contributed by atoms with van der Waals surface area (Å²) >= 11 is 0. The van der Waals surface area contributed by atoms with Crippen LogP contribution < -0.4 is 5.32 Å². The van der Waals surface area contributed by atoms with Crippen molar-refractivity contribution >= 4 is 23.6 Å². The highest BCUT2D eigenvalue weighted by atomic mass is 16.2. The summed E-state index contributed by atoms with van der Waals surface area (Å²) in [5, 5.41) is 7.33. The minimum atomic E-state index is -0.119. The van der Waals surface area contributed by atoms with Gasteiger partial charge in [0.2, 0.25) is 5.91 Å². The van der Waals surface area contributed by atoms with E-state index in [9.17, 15) is 4.79 Å². The maximum absolute atomic E-state index is 12.8. The van der Waals surface area contributed by atoms with Crippen molar-refractivity contribution in [3.05, 3.63) is 66.5 Å². The van der Waals surface area contributed by atoms with Crippen LogP contribution in [-0.4, -0.2) is 42.1 Å². The molecule has 0 bridgehead atoms. The molecule has 4 heterocycles. The second-order valence-electron chi connectivity index (χ2n) is 6.60. The molecular formula is C20H21N7O. The summed E-state index contributed by atoms with van der Waals surface area (Å²) in [6, 6.07) is 5.51. The normalized spacial score (nSPS) is 16.6. The van der Waals surface area contributed by atoms with Gasteiger partial charge in [-0.2, -0.15) is 5.10 Å². The number of likely N-dealkylation sites (tertiary alicyclic amines) is 1. The number of rotatable bonds is 5. The van der Waals surface area contributed by atoms with Gasteiger partial charge in [0.05, 0.1) is 12.2 Å². The standard InChI is InChI=1S/C20H21N7O/c1-26-14-15(13-24-26)7-8-18(28)27-12-4-5-16(27)19-20(23-11-10-22-19)25-17-6-2-3-9-21-17/h2-3,6-11,13-14,16H,4-5,12H2,1H3,(H,21,23,25)/b8-7+. The Balaban J connectivity index is 1.55. The molecular weight excluding hydrogens is 354 g/mol. The van der Waals surface area contributed by atoms with Gasteiger partial charge in [0.15, 0.2) is 5.82 Å². The van der Waals surface area contributed by atoms with Gasteiger partial charge in [0.25, 0.3) is 0 Å². The van der Waals surface area contributed by atoms with Crippen LogP contribution in [0.2, 0.25) is 0 Å².